The summed E-state index contributed by atoms with van der Waals surface area (Å²) in [5, 5.41) is 7.56. The number of anilines is 1. The Hall–Kier alpha value is -1.85. The van der Waals surface area contributed by atoms with Crippen LogP contribution in [0.25, 0.3) is 0 Å². The first-order chi connectivity index (χ1) is 10.4. The van der Waals surface area contributed by atoms with Gasteiger partial charge in [0.05, 0.1) is 5.69 Å². The summed E-state index contributed by atoms with van der Waals surface area (Å²) in [6.07, 6.45) is 4.60. The van der Waals surface area contributed by atoms with Crippen molar-refractivity contribution in [2.24, 2.45) is 5.41 Å². The van der Waals surface area contributed by atoms with E-state index in [4.69, 9.17) is 10.7 Å². The third-order valence-electron chi connectivity index (χ3n) is 4.91. The first-order valence-corrected chi connectivity index (χ1v) is 8.18. The number of nitrogen functional groups attached to an aromatic ring is 1. The van der Waals surface area contributed by atoms with Crippen LogP contribution in [0.2, 0.25) is 0 Å². The van der Waals surface area contributed by atoms with Crippen molar-refractivity contribution >= 4 is 5.95 Å². The van der Waals surface area contributed by atoms with Gasteiger partial charge in [-0.25, -0.2) is 9.97 Å². The van der Waals surface area contributed by atoms with E-state index < -0.39 is 0 Å². The Bertz CT molecular complexity index is 653. The van der Waals surface area contributed by atoms with Crippen LogP contribution in [0.3, 0.4) is 0 Å². The highest BCUT2D eigenvalue weighted by Gasteiger charge is 2.62. The molecule has 0 amide bonds. The van der Waals surface area contributed by atoms with Crippen LogP contribution >= 0.6 is 0 Å². The molecule has 0 bridgehead atoms. The Morgan fingerprint density at radius 2 is 1.95 bits per heavy atom. The number of imidazole rings is 1. The summed E-state index contributed by atoms with van der Waals surface area (Å²) >= 11 is 0. The van der Waals surface area contributed by atoms with Crippen LogP contribution in [-0.2, 0) is 6.42 Å². The van der Waals surface area contributed by atoms with Crippen LogP contribution in [0.1, 0.15) is 74.9 Å². The molecule has 0 spiro atoms. The van der Waals surface area contributed by atoms with Gasteiger partial charge in [0.1, 0.15) is 5.82 Å². The molecule has 4 N–H and O–H groups in total. The number of hydrogen-bond donors (Lipinski definition) is 3. The molecular weight excluding hydrogens is 276 g/mol. The number of hydrogen-bond acceptors (Lipinski definition) is 4. The van der Waals surface area contributed by atoms with Gasteiger partial charge in [0.25, 0.3) is 0 Å². The van der Waals surface area contributed by atoms with Crippen molar-refractivity contribution in [2.45, 2.75) is 65.2 Å². The summed E-state index contributed by atoms with van der Waals surface area (Å²) < 4.78 is 0. The second kappa shape index (κ2) is 5.41. The number of nitrogens with zero attached hydrogens (tertiary/aromatic N) is 3. The predicted octanol–water partition coefficient (Wildman–Crippen LogP) is 3.06. The van der Waals surface area contributed by atoms with Gasteiger partial charge in [-0.1, -0.05) is 33.6 Å². The second-order valence-electron chi connectivity index (χ2n) is 7.01. The summed E-state index contributed by atoms with van der Waals surface area (Å²) in [7, 11) is 0. The lowest BCUT2D eigenvalue weighted by Crippen LogP contribution is -1.93. The Morgan fingerprint density at radius 3 is 2.59 bits per heavy atom. The van der Waals surface area contributed by atoms with E-state index in [0.29, 0.717) is 17.8 Å². The topological polar surface area (TPSA) is 96.3 Å². The van der Waals surface area contributed by atoms with E-state index in [1.54, 1.807) is 0 Å². The Morgan fingerprint density at radius 1 is 1.18 bits per heavy atom. The molecule has 6 nitrogen and oxygen atoms in total. The minimum Gasteiger partial charge on any atom is -0.369 e. The molecule has 2 aromatic rings. The highest BCUT2D eigenvalue weighted by Crippen LogP contribution is 2.69. The van der Waals surface area contributed by atoms with Crippen molar-refractivity contribution in [3.05, 3.63) is 23.0 Å². The zero-order chi connectivity index (χ0) is 15.9. The zero-order valence-corrected chi connectivity index (χ0v) is 13.9. The molecule has 1 aliphatic carbocycles. The number of unbranched alkanes of at least 4 members (excludes halogenated alkanes) is 2. The van der Waals surface area contributed by atoms with Crippen LogP contribution in [0, 0.1) is 12.3 Å². The van der Waals surface area contributed by atoms with Crippen LogP contribution < -0.4 is 5.73 Å². The van der Waals surface area contributed by atoms with Crippen molar-refractivity contribution in [1.29, 1.82) is 0 Å². The van der Waals surface area contributed by atoms with E-state index in [0.717, 1.165) is 35.9 Å². The number of rotatable bonds is 6. The van der Waals surface area contributed by atoms with Gasteiger partial charge < -0.3 is 10.7 Å². The fraction of sp³-hybridized carbons (Fsp3) is 0.688. The summed E-state index contributed by atoms with van der Waals surface area (Å²) in [5.41, 5.74) is 8.02. The third kappa shape index (κ3) is 2.51. The molecule has 1 fully saturated rings. The van der Waals surface area contributed by atoms with Gasteiger partial charge in [-0.15, -0.1) is 0 Å². The number of aromatic amines is 2. The van der Waals surface area contributed by atoms with Gasteiger partial charge in [0, 0.05) is 24.0 Å². The maximum atomic E-state index is 5.79. The number of aromatic nitrogens is 5. The Balaban J connectivity index is 1.76. The zero-order valence-electron chi connectivity index (χ0n) is 13.9. The molecule has 2 atom stereocenters. The monoisotopic (exact) mass is 302 g/mol. The van der Waals surface area contributed by atoms with Gasteiger partial charge in [-0.05, 0) is 18.8 Å². The number of nitrogens with one attached hydrogen (secondary N) is 2. The normalized spacial score (nSPS) is 22.9. The van der Waals surface area contributed by atoms with Gasteiger partial charge >= 0.3 is 0 Å². The molecule has 2 aromatic heterocycles. The lowest BCUT2D eigenvalue weighted by atomic mass is 10.1. The van der Waals surface area contributed by atoms with Crippen molar-refractivity contribution in [2.75, 3.05) is 5.73 Å². The number of H-pyrrole nitrogens is 2. The molecule has 6 heteroatoms. The fourth-order valence-corrected chi connectivity index (χ4v) is 3.53. The summed E-state index contributed by atoms with van der Waals surface area (Å²) in [5.74, 6) is 3.06. The molecule has 0 saturated heterocycles. The third-order valence-corrected chi connectivity index (χ3v) is 4.91. The maximum absolute atomic E-state index is 5.79. The molecule has 120 valence electrons. The Kier molecular flexibility index (Phi) is 3.70. The lowest BCUT2D eigenvalue weighted by molar-refractivity contribution is 0.590. The number of aryl methyl sites for hydroxylation is 2. The fourth-order valence-electron chi connectivity index (χ4n) is 3.53. The SMILES string of the molecule is CCCCCc1nc(C2C(c3nc(N)[nH]c3C)C2(C)C)n[nH]1. The standard InChI is InChI=1S/C16H26N6/c1-5-6-7-8-10-19-14(22-21-10)12-11(16(12,3)4)13-9(2)18-15(17)20-13/h11-12H,5-8H2,1-4H3,(H3,17,18,20)(H,19,21,22). The summed E-state index contributed by atoms with van der Waals surface area (Å²) in [4.78, 5) is 12.3. The van der Waals surface area contributed by atoms with Gasteiger partial charge in [0.2, 0.25) is 0 Å². The molecule has 0 aromatic carbocycles. The lowest BCUT2D eigenvalue weighted by Gasteiger charge is -1.99. The minimum absolute atomic E-state index is 0.120. The molecule has 2 unspecified atom stereocenters. The molecule has 1 saturated carbocycles. The highest BCUT2D eigenvalue weighted by atomic mass is 15.2. The molecule has 3 rings (SSSR count). The largest absolute Gasteiger partial charge is 0.369 e. The average molecular weight is 302 g/mol. The first kappa shape index (κ1) is 15.1. The quantitative estimate of drug-likeness (QED) is 0.714. The highest BCUT2D eigenvalue weighted by molar-refractivity contribution is 5.39. The van der Waals surface area contributed by atoms with Crippen LogP contribution in [-0.4, -0.2) is 25.1 Å². The summed E-state index contributed by atoms with van der Waals surface area (Å²) in [6.45, 7) is 8.73. The number of nitrogens with two attached hydrogens (primary N) is 1. The molecule has 0 aliphatic heterocycles. The van der Waals surface area contributed by atoms with Crippen LogP contribution in [0.15, 0.2) is 0 Å². The molecular formula is C16H26N6. The maximum Gasteiger partial charge on any atom is 0.197 e. The van der Waals surface area contributed by atoms with Crippen LogP contribution in [0.5, 0.6) is 0 Å². The van der Waals surface area contributed by atoms with Crippen molar-refractivity contribution in [3.8, 4) is 0 Å². The van der Waals surface area contributed by atoms with Crippen LogP contribution in [0.4, 0.5) is 5.95 Å². The molecule has 2 heterocycles. The predicted molar refractivity (Wildman–Crippen MR) is 86.6 cm³/mol. The minimum atomic E-state index is 0.120. The van der Waals surface area contributed by atoms with Gasteiger partial charge in [-0.3, -0.25) is 5.10 Å². The van der Waals surface area contributed by atoms with E-state index in [2.05, 4.69) is 40.9 Å². The summed E-state index contributed by atoms with van der Waals surface area (Å²) in [6, 6.07) is 0. The van der Waals surface area contributed by atoms with Gasteiger partial charge in [-0.2, -0.15) is 5.10 Å². The van der Waals surface area contributed by atoms with Crippen molar-refractivity contribution in [3.63, 3.8) is 0 Å². The van der Waals surface area contributed by atoms with Crippen molar-refractivity contribution < 1.29 is 0 Å². The molecule has 1 aliphatic rings. The second-order valence-corrected chi connectivity index (χ2v) is 7.01. The molecule has 22 heavy (non-hydrogen) atoms. The van der Waals surface area contributed by atoms with Crippen molar-refractivity contribution in [1.82, 2.24) is 25.1 Å². The average Bonchev–Trinajstić information content (AvgIpc) is 2.81. The smallest absolute Gasteiger partial charge is 0.197 e. The first-order valence-electron chi connectivity index (χ1n) is 8.18. The Labute approximate surface area is 131 Å². The van der Waals surface area contributed by atoms with E-state index in [1.807, 2.05) is 6.92 Å². The van der Waals surface area contributed by atoms with E-state index in [9.17, 15) is 0 Å². The molecule has 0 radical (unpaired) electrons. The van der Waals surface area contributed by atoms with E-state index >= 15 is 0 Å². The van der Waals surface area contributed by atoms with Gasteiger partial charge in [0.15, 0.2) is 11.8 Å². The van der Waals surface area contributed by atoms with E-state index in [-0.39, 0.29) is 5.41 Å². The van der Waals surface area contributed by atoms with E-state index in [1.165, 1.54) is 12.8 Å².